The van der Waals surface area contributed by atoms with Crippen LogP contribution >= 0.6 is 11.3 Å². The zero-order valence-corrected chi connectivity index (χ0v) is 13.5. The van der Waals surface area contributed by atoms with Gasteiger partial charge in [0.05, 0.1) is 0 Å². The first kappa shape index (κ1) is 15.0. The SMILES string of the molecule is Cc1ccc(S(=O)(=O)NCCNc2nc3ccccc3o2)s1. The molecule has 2 N–H and O–H groups in total. The van der Waals surface area contributed by atoms with E-state index < -0.39 is 10.0 Å². The lowest BCUT2D eigenvalue weighted by molar-refractivity contribution is 0.582. The molecule has 0 aliphatic carbocycles. The number of benzene rings is 1. The van der Waals surface area contributed by atoms with E-state index >= 15 is 0 Å². The zero-order chi connectivity index (χ0) is 15.6. The molecule has 0 saturated carbocycles. The number of fused-ring (bicyclic) bond motifs is 1. The fourth-order valence-electron chi connectivity index (χ4n) is 1.93. The number of thiophene rings is 1. The van der Waals surface area contributed by atoms with Crippen LogP contribution in [0.1, 0.15) is 4.88 Å². The molecule has 0 saturated heterocycles. The van der Waals surface area contributed by atoms with E-state index in [-0.39, 0.29) is 6.54 Å². The van der Waals surface area contributed by atoms with E-state index in [4.69, 9.17) is 4.42 Å². The summed E-state index contributed by atoms with van der Waals surface area (Å²) in [5, 5.41) is 2.96. The van der Waals surface area contributed by atoms with Gasteiger partial charge in [0.15, 0.2) is 5.58 Å². The molecule has 6 nitrogen and oxygen atoms in total. The second-order valence-electron chi connectivity index (χ2n) is 4.68. The molecule has 3 aromatic rings. The highest BCUT2D eigenvalue weighted by Gasteiger charge is 2.15. The van der Waals surface area contributed by atoms with Crippen molar-refractivity contribution in [2.45, 2.75) is 11.1 Å². The fraction of sp³-hybridized carbons (Fsp3) is 0.214. The highest BCUT2D eigenvalue weighted by Crippen LogP contribution is 2.20. The van der Waals surface area contributed by atoms with Crippen LogP contribution in [0, 0.1) is 6.92 Å². The molecular weight excluding hydrogens is 322 g/mol. The number of rotatable bonds is 6. The first-order valence-corrected chi connectivity index (χ1v) is 9.00. The second kappa shape index (κ2) is 6.07. The normalized spacial score (nSPS) is 11.9. The number of sulfonamides is 1. The number of para-hydroxylation sites is 2. The van der Waals surface area contributed by atoms with E-state index in [1.807, 2.05) is 31.2 Å². The molecule has 22 heavy (non-hydrogen) atoms. The van der Waals surface area contributed by atoms with Crippen LogP contribution in [-0.2, 0) is 10.0 Å². The van der Waals surface area contributed by atoms with Gasteiger partial charge in [-0.25, -0.2) is 13.1 Å². The third-order valence-electron chi connectivity index (χ3n) is 2.97. The lowest BCUT2D eigenvalue weighted by atomic mass is 10.3. The third-order valence-corrected chi connectivity index (χ3v) is 5.92. The predicted molar refractivity (Wildman–Crippen MR) is 86.7 cm³/mol. The summed E-state index contributed by atoms with van der Waals surface area (Å²) < 4.78 is 32.4. The number of oxazole rings is 1. The third kappa shape index (κ3) is 3.29. The molecule has 8 heteroatoms. The molecule has 0 fully saturated rings. The number of nitrogens with one attached hydrogen (secondary N) is 2. The maximum Gasteiger partial charge on any atom is 0.295 e. The van der Waals surface area contributed by atoms with Crippen LogP contribution in [0.2, 0.25) is 0 Å². The highest BCUT2D eigenvalue weighted by molar-refractivity contribution is 7.91. The van der Waals surface area contributed by atoms with Gasteiger partial charge in [-0.2, -0.15) is 4.98 Å². The van der Waals surface area contributed by atoms with Crippen LogP contribution in [0.15, 0.2) is 45.0 Å². The van der Waals surface area contributed by atoms with Crippen LogP contribution in [0.3, 0.4) is 0 Å². The fourth-order valence-corrected chi connectivity index (χ4v) is 4.29. The maximum atomic E-state index is 12.0. The molecule has 0 spiro atoms. The first-order chi connectivity index (χ1) is 10.5. The van der Waals surface area contributed by atoms with Gasteiger partial charge in [0.2, 0.25) is 10.0 Å². The Morgan fingerprint density at radius 2 is 2.00 bits per heavy atom. The molecule has 1 aromatic carbocycles. The summed E-state index contributed by atoms with van der Waals surface area (Å²) >= 11 is 1.25. The smallest absolute Gasteiger partial charge is 0.295 e. The van der Waals surface area contributed by atoms with Crippen LogP contribution in [-0.4, -0.2) is 26.5 Å². The van der Waals surface area contributed by atoms with Crippen molar-refractivity contribution < 1.29 is 12.8 Å². The molecule has 2 heterocycles. The molecule has 0 atom stereocenters. The predicted octanol–water partition coefficient (Wildman–Crippen LogP) is 2.59. The van der Waals surface area contributed by atoms with E-state index in [0.29, 0.717) is 22.4 Å². The van der Waals surface area contributed by atoms with Crippen molar-refractivity contribution in [1.29, 1.82) is 0 Å². The van der Waals surface area contributed by atoms with Gasteiger partial charge in [0.25, 0.3) is 6.01 Å². The minimum Gasteiger partial charge on any atom is -0.424 e. The molecule has 0 radical (unpaired) electrons. The Balaban J connectivity index is 1.55. The van der Waals surface area contributed by atoms with Gasteiger partial charge in [0, 0.05) is 18.0 Å². The first-order valence-electron chi connectivity index (χ1n) is 6.70. The van der Waals surface area contributed by atoms with Crippen molar-refractivity contribution in [3.05, 3.63) is 41.3 Å². The maximum absolute atomic E-state index is 12.0. The van der Waals surface area contributed by atoms with Gasteiger partial charge in [-0.15, -0.1) is 11.3 Å². The van der Waals surface area contributed by atoms with Crippen molar-refractivity contribution in [2.24, 2.45) is 0 Å². The van der Waals surface area contributed by atoms with E-state index in [9.17, 15) is 8.42 Å². The van der Waals surface area contributed by atoms with E-state index in [0.717, 1.165) is 10.4 Å². The molecule has 0 amide bonds. The molecule has 0 aliphatic rings. The van der Waals surface area contributed by atoms with Crippen molar-refractivity contribution in [1.82, 2.24) is 9.71 Å². The van der Waals surface area contributed by atoms with Crippen molar-refractivity contribution in [3.8, 4) is 0 Å². The summed E-state index contributed by atoms with van der Waals surface area (Å²) in [4.78, 5) is 5.22. The van der Waals surface area contributed by atoms with Crippen LogP contribution < -0.4 is 10.0 Å². The Morgan fingerprint density at radius 1 is 1.18 bits per heavy atom. The second-order valence-corrected chi connectivity index (χ2v) is 7.96. The molecule has 0 unspecified atom stereocenters. The van der Waals surface area contributed by atoms with E-state index in [2.05, 4.69) is 15.0 Å². The van der Waals surface area contributed by atoms with Gasteiger partial charge in [0.1, 0.15) is 9.73 Å². The number of anilines is 1. The van der Waals surface area contributed by atoms with Gasteiger partial charge >= 0.3 is 0 Å². The van der Waals surface area contributed by atoms with Gasteiger partial charge in [-0.3, -0.25) is 0 Å². The Morgan fingerprint density at radius 3 is 2.73 bits per heavy atom. The standard InChI is InChI=1S/C14H15N3O3S2/c1-10-6-7-13(21-10)22(18,19)16-9-8-15-14-17-11-4-2-3-5-12(11)20-14/h2-7,16H,8-9H2,1H3,(H,15,17). The minimum absolute atomic E-state index is 0.248. The quantitative estimate of drug-likeness (QED) is 0.675. The molecule has 3 rings (SSSR count). The molecule has 116 valence electrons. The number of hydrogen-bond acceptors (Lipinski definition) is 6. The number of hydrogen-bond donors (Lipinski definition) is 2. The van der Waals surface area contributed by atoms with E-state index in [1.54, 1.807) is 12.1 Å². The lowest BCUT2D eigenvalue weighted by Gasteiger charge is -2.04. The summed E-state index contributed by atoms with van der Waals surface area (Å²) in [7, 11) is -3.44. The Bertz CT molecular complexity index is 851. The van der Waals surface area contributed by atoms with Gasteiger partial charge in [-0.05, 0) is 31.2 Å². The van der Waals surface area contributed by atoms with Gasteiger partial charge in [-0.1, -0.05) is 12.1 Å². The molecule has 2 aromatic heterocycles. The number of nitrogens with zero attached hydrogens (tertiary/aromatic N) is 1. The average Bonchev–Trinajstić information content (AvgIpc) is 3.09. The molecule has 0 aliphatic heterocycles. The topological polar surface area (TPSA) is 84.2 Å². The van der Waals surface area contributed by atoms with Crippen molar-refractivity contribution in [2.75, 3.05) is 18.4 Å². The lowest BCUT2D eigenvalue weighted by Crippen LogP contribution is -2.28. The largest absolute Gasteiger partial charge is 0.424 e. The number of aromatic nitrogens is 1. The minimum atomic E-state index is -3.44. The average molecular weight is 337 g/mol. The molecular formula is C14H15N3O3S2. The monoisotopic (exact) mass is 337 g/mol. The van der Waals surface area contributed by atoms with E-state index in [1.165, 1.54) is 11.3 Å². The summed E-state index contributed by atoms with van der Waals surface area (Å²) in [5.74, 6) is 0. The summed E-state index contributed by atoms with van der Waals surface area (Å²) in [6.45, 7) is 2.51. The summed E-state index contributed by atoms with van der Waals surface area (Å²) in [6, 6.07) is 11.2. The van der Waals surface area contributed by atoms with Crippen LogP contribution in [0.25, 0.3) is 11.1 Å². The Hall–Kier alpha value is -1.90. The highest BCUT2D eigenvalue weighted by atomic mass is 32.2. The summed E-state index contributed by atoms with van der Waals surface area (Å²) in [6.07, 6.45) is 0. The van der Waals surface area contributed by atoms with Crippen LogP contribution in [0.5, 0.6) is 0 Å². The zero-order valence-electron chi connectivity index (χ0n) is 11.9. The molecule has 0 bridgehead atoms. The number of aryl methyl sites for hydroxylation is 1. The Kier molecular flexibility index (Phi) is 4.14. The summed E-state index contributed by atoms with van der Waals surface area (Å²) in [5.41, 5.74) is 1.46. The van der Waals surface area contributed by atoms with Crippen molar-refractivity contribution in [3.63, 3.8) is 0 Å². The Labute approximate surface area is 132 Å². The van der Waals surface area contributed by atoms with Gasteiger partial charge < -0.3 is 9.73 Å². The van der Waals surface area contributed by atoms with Crippen molar-refractivity contribution >= 4 is 38.5 Å². The van der Waals surface area contributed by atoms with Crippen LogP contribution in [0.4, 0.5) is 6.01 Å².